The number of benzene rings is 6. The van der Waals surface area contributed by atoms with Gasteiger partial charge in [-0.15, -0.1) is 11.3 Å². The van der Waals surface area contributed by atoms with Gasteiger partial charge in [0.1, 0.15) is 11.2 Å². The van der Waals surface area contributed by atoms with Gasteiger partial charge in [0.2, 0.25) is 0 Å². The molecule has 3 aromatic heterocycles. The van der Waals surface area contributed by atoms with Crippen LogP contribution in [0.3, 0.4) is 0 Å². The van der Waals surface area contributed by atoms with Crippen LogP contribution >= 0.6 is 11.3 Å². The number of para-hydroxylation sites is 1. The molecule has 0 unspecified atom stereocenters. The molecule has 2 aliphatic carbocycles. The van der Waals surface area contributed by atoms with Crippen molar-refractivity contribution in [1.29, 1.82) is 0 Å². The zero-order chi connectivity index (χ0) is 32.8. The highest BCUT2D eigenvalue weighted by Gasteiger charge is 2.43. The Morgan fingerprint density at radius 1 is 0.540 bits per heavy atom. The van der Waals surface area contributed by atoms with Crippen LogP contribution in [0.25, 0.3) is 87.1 Å². The van der Waals surface area contributed by atoms with Crippen molar-refractivity contribution < 1.29 is 4.42 Å². The molecule has 1 spiro atoms. The summed E-state index contributed by atoms with van der Waals surface area (Å²) in [6.45, 7) is 0. The van der Waals surface area contributed by atoms with E-state index >= 15 is 0 Å². The molecule has 3 nitrogen and oxygen atoms in total. The van der Waals surface area contributed by atoms with Gasteiger partial charge < -0.3 is 4.42 Å². The van der Waals surface area contributed by atoms with Crippen LogP contribution in [0.1, 0.15) is 43.2 Å². The normalized spacial score (nSPS) is 15.0. The van der Waals surface area contributed by atoms with Crippen LogP contribution in [0.15, 0.2) is 138 Å². The molecule has 0 amide bonds. The average Bonchev–Trinajstić information content (AvgIpc) is 3.83. The van der Waals surface area contributed by atoms with Crippen molar-refractivity contribution in [3.63, 3.8) is 0 Å². The number of aromatic nitrogens is 2. The molecule has 1 fully saturated rings. The van der Waals surface area contributed by atoms with Crippen LogP contribution in [0.4, 0.5) is 0 Å². The molecule has 11 rings (SSSR count). The molecule has 2 aliphatic rings. The van der Waals surface area contributed by atoms with Gasteiger partial charge in [-0.3, -0.25) is 0 Å². The lowest BCUT2D eigenvalue weighted by Crippen LogP contribution is -2.27. The molecule has 238 valence electrons. The molecule has 0 atom stereocenters. The zero-order valence-electron chi connectivity index (χ0n) is 27.4. The Labute approximate surface area is 293 Å². The highest BCUT2D eigenvalue weighted by atomic mass is 32.1. The Kier molecular flexibility index (Phi) is 6.06. The summed E-state index contributed by atoms with van der Waals surface area (Å²) < 4.78 is 9.11. The van der Waals surface area contributed by atoms with Gasteiger partial charge >= 0.3 is 0 Å². The number of rotatable bonds is 3. The summed E-state index contributed by atoms with van der Waals surface area (Å²) in [5, 5.41) is 3.33. The Morgan fingerprint density at radius 3 is 2.20 bits per heavy atom. The second-order valence-electron chi connectivity index (χ2n) is 14.0. The first kappa shape index (κ1) is 28.3. The van der Waals surface area contributed by atoms with Crippen LogP contribution in [0.2, 0.25) is 0 Å². The lowest BCUT2D eigenvalue weighted by Gasteiger charge is -2.36. The van der Waals surface area contributed by atoms with E-state index in [1.54, 1.807) is 11.3 Å². The summed E-state index contributed by atoms with van der Waals surface area (Å²) in [6.07, 6.45) is 6.44. The average molecular weight is 661 g/mol. The van der Waals surface area contributed by atoms with Gasteiger partial charge in [0.05, 0.1) is 21.5 Å². The van der Waals surface area contributed by atoms with Crippen molar-refractivity contribution in [1.82, 2.24) is 9.97 Å². The summed E-state index contributed by atoms with van der Waals surface area (Å²) >= 11 is 1.76. The lowest BCUT2D eigenvalue weighted by atomic mass is 9.68. The van der Waals surface area contributed by atoms with Gasteiger partial charge in [0.25, 0.3) is 0 Å². The van der Waals surface area contributed by atoms with E-state index in [9.17, 15) is 0 Å². The van der Waals surface area contributed by atoms with Crippen molar-refractivity contribution in [2.24, 2.45) is 0 Å². The minimum atomic E-state index is 0.169. The Morgan fingerprint density at radius 2 is 1.28 bits per heavy atom. The van der Waals surface area contributed by atoms with Gasteiger partial charge in [-0.1, -0.05) is 122 Å². The highest BCUT2D eigenvalue weighted by Crippen LogP contribution is 2.56. The maximum Gasteiger partial charge on any atom is 0.164 e. The first-order chi connectivity index (χ1) is 24.7. The third-order valence-electron chi connectivity index (χ3n) is 11.3. The summed E-state index contributed by atoms with van der Waals surface area (Å²) in [5.74, 6) is 0.679. The van der Waals surface area contributed by atoms with Crippen molar-refractivity contribution in [3.8, 4) is 44.9 Å². The molecule has 6 aromatic carbocycles. The fraction of sp³-hybridized carbons (Fsp3) is 0.130. The molecule has 9 aromatic rings. The van der Waals surface area contributed by atoms with Crippen LogP contribution in [-0.4, -0.2) is 9.97 Å². The van der Waals surface area contributed by atoms with Crippen LogP contribution in [0.5, 0.6) is 0 Å². The third-order valence-corrected chi connectivity index (χ3v) is 12.5. The number of furan rings is 1. The SMILES string of the molecule is c1ccc(-c2nc(-c3cccc4c3oc3cc(-c5ccc6c(c5)-c5ccccc5C65CCCCC5)ccc34)nc3c2sc2ccccc23)cc1. The minimum Gasteiger partial charge on any atom is -0.455 e. The van der Waals surface area contributed by atoms with Crippen molar-refractivity contribution >= 4 is 53.6 Å². The van der Waals surface area contributed by atoms with E-state index in [-0.39, 0.29) is 5.41 Å². The molecular weight excluding hydrogens is 629 g/mol. The minimum absolute atomic E-state index is 0.169. The molecule has 50 heavy (non-hydrogen) atoms. The second kappa shape index (κ2) is 10.7. The molecule has 0 bridgehead atoms. The monoisotopic (exact) mass is 660 g/mol. The van der Waals surface area contributed by atoms with Crippen molar-refractivity contribution in [2.75, 3.05) is 0 Å². The van der Waals surface area contributed by atoms with Gasteiger partial charge in [0, 0.05) is 31.8 Å². The molecule has 0 aliphatic heterocycles. The molecule has 0 radical (unpaired) electrons. The predicted molar refractivity (Wildman–Crippen MR) is 208 cm³/mol. The Hall–Kier alpha value is -5.58. The maximum atomic E-state index is 6.79. The number of hydrogen-bond acceptors (Lipinski definition) is 4. The van der Waals surface area contributed by atoms with E-state index in [2.05, 4.69) is 127 Å². The zero-order valence-corrected chi connectivity index (χ0v) is 28.3. The first-order valence-electron chi connectivity index (χ1n) is 17.7. The fourth-order valence-corrected chi connectivity index (χ4v) is 10.1. The molecule has 3 heterocycles. The summed E-state index contributed by atoms with van der Waals surface area (Å²) in [7, 11) is 0. The van der Waals surface area contributed by atoms with Gasteiger partial charge in [0.15, 0.2) is 5.82 Å². The van der Waals surface area contributed by atoms with E-state index in [1.807, 2.05) is 6.07 Å². The van der Waals surface area contributed by atoms with E-state index in [1.165, 1.54) is 64.6 Å². The van der Waals surface area contributed by atoms with Crippen molar-refractivity contribution in [3.05, 3.63) is 145 Å². The standard InChI is InChI=1S/C46H32N2OS/c1-3-12-28(13-4-1)41-44-42(34-15-6-8-19-40(34)50-44)48-45(47-41)35-17-11-16-33-32-22-20-30(27-39(32)49-43(33)35)29-21-23-38-36(26-29)31-14-5-7-18-37(31)46(38)24-9-2-10-25-46/h1,3-8,11-23,26-27H,2,9-10,24-25H2. The molecule has 0 saturated heterocycles. The van der Waals surface area contributed by atoms with E-state index in [0.717, 1.165) is 59.9 Å². The lowest BCUT2D eigenvalue weighted by molar-refractivity contribution is 0.353. The summed E-state index contributed by atoms with van der Waals surface area (Å²) in [6, 6.07) is 48.3. The number of thiophene rings is 1. The van der Waals surface area contributed by atoms with E-state index in [4.69, 9.17) is 14.4 Å². The molecule has 4 heteroatoms. The van der Waals surface area contributed by atoms with E-state index < -0.39 is 0 Å². The highest BCUT2D eigenvalue weighted by molar-refractivity contribution is 7.26. The molecular formula is C46H32N2OS. The fourth-order valence-electron chi connectivity index (χ4n) is 9.00. The topological polar surface area (TPSA) is 38.9 Å². The van der Waals surface area contributed by atoms with Crippen LogP contribution < -0.4 is 0 Å². The Bertz CT molecular complexity index is 2800. The number of hydrogen-bond donors (Lipinski definition) is 0. The van der Waals surface area contributed by atoms with Gasteiger partial charge in [-0.25, -0.2) is 9.97 Å². The predicted octanol–water partition coefficient (Wildman–Crippen LogP) is 13.0. The maximum absolute atomic E-state index is 6.79. The Balaban J connectivity index is 1.07. The number of nitrogens with zero attached hydrogens (tertiary/aromatic N) is 2. The second-order valence-corrected chi connectivity index (χ2v) is 15.0. The van der Waals surface area contributed by atoms with E-state index in [0.29, 0.717) is 5.82 Å². The van der Waals surface area contributed by atoms with Crippen LogP contribution in [-0.2, 0) is 5.41 Å². The molecule has 1 saturated carbocycles. The van der Waals surface area contributed by atoms with Gasteiger partial charge in [-0.2, -0.15) is 0 Å². The molecule has 0 N–H and O–H groups in total. The first-order valence-corrected chi connectivity index (χ1v) is 18.5. The summed E-state index contributed by atoms with van der Waals surface area (Å²) in [5.41, 5.74) is 14.0. The number of fused-ring (bicyclic) bond motifs is 11. The van der Waals surface area contributed by atoms with Crippen molar-refractivity contribution in [2.45, 2.75) is 37.5 Å². The quantitative estimate of drug-likeness (QED) is 0.189. The van der Waals surface area contributed by atoms with Gasteiger partial charge in [-0.05, 0) is 76.6 Å². The largest absolute Gasteiger partial charge is 0.455 e. The summed E-state index contributed by atoms with van der Waals surface area (Å²) in [4.78, 5) is 10.5. The smallest absolute Gasteiger partial charge is 0.164 e. The van der Waals surface area contributed by atoms with Crippen LogP contribution in [0, 0.1) is 0 Å². The third kappa shape index (κ3) is 4.03.